The number of ether oxygens (including phenoxy) is 1. The predicted octanol–water partition coefficient (Wildman–Crippen LogP) is 3.00. The van der Waals surface area contributed by atoms with E-state index in [2.05, 4.69) is 20.6 Å². The second-order valence-electron chi connectivity index (χ2n) is 6.32. The molecular formula is C16H27N3O. The van der Waals surface area contributed by atoms with E-state index >= 15 is 0 Å². The van der Waals surface area contributed by atoms with Crippen LogP contribution in [-0.2, 0) is 11.3 Å². The molecule has 4 nitrogen and oxygen atoms in total. The van der Waals surface area contributed by atoms with Gasteiger partial charge in [0.25, 0.3) is 0 Å². The van der Waals surface area contributed by atoms with E-state index in [4.69, 9.17) is 4.74 Å². The Morgan fingerprint density at radius 1 is 1.20 bits per heavy atom. The van der Waals surface area contributed by atoms with E-state index in [1.165, 1.54) is 57.2 Å². The van der Waals surface area contributed by atoms with Crippen LogP contribution in [0.15, 0.2) is 12.5 Å². The topological polar surface area (TPSA) is 30.3 Å². The van der Waals surface area contributed by atoms with Crippen molar-refractivity contribution in [2.75, 3.05) is 20.2 Å². The monoisotopic (exact) mass is 277 g/mol. The van der Waals surface area contributed by atoms with E-state index in [1.54, 1.807) is 0 Å². The molecule has 0 spiro atoms. The van der Waals surface area contributed by atoms with Crippen LogP contribution < -0.4 is 0 Å². The van der Waals surface area contributed by atoms with Crippen LogP contribution in [0.4, 0.5) is 0 Å². The van der Waals surface area contributed by atoms with Gasteiger partial charge in [0, 0.05) is 32.4 Å². The molecule has 1 saturated carbocycles. The molecule has 2 fully saturated rings. The first-order chi connectivity index (χ1) is 9.86. The molecule has 2 aliphatic rings. The molecule has 0 N–H and O–H groups in total. The minimum absolute atomic E-state index is 0.412. The van der Waals surface area contributed by atoms with Crippen molar-refractivity contribution < 1.29 is 4.74 Å². The summed E-state index contributed by atoms with van der Waals surface area (Å²) >= 11 is 0. The van der Waals surface area contributed by atoms with Crippen LogP contribution in [0.3, 0.4) is 0 Å². The molecular weight excluding hydrogens is 250 g/mol. The van der Waals surface area contributed by atoms with E-state index in [-0.39, 0.29) is 0 Å². The van der Waals surface area contributed by atoms with Crippen molar-refractivity contribution in [1.82, 2.24) is 14.5 Å². The number of methoxy groups -OCH3 is 1. The molecule has 1 atom stereocenters. The number of rotatable bonds is 4. The zero-order valence-corrected chi connectivity index (χ0v) is 12.6. The molecule has 0 bridgehead atoms. The highest BCUT2D eigenvalue weighted by atomic mass is 16.5. The van der Waals surface area contributed by atoms with Crippen molar-refractivity contribution in [3.63, 3.8) is 0 Å². The number of hydrogen-bond donors (Lipinski definition) is 0. The number of likely N-dealkylation sites (tertiary alicyclic amines) is 1. The summed E-state index contributed by atoms with van der Waals surface area (Å²) in [5, 5.41) is 0. The molecule has 1 aliphatic heterocycles. The Hall–Kier alpha value is -0.870. The molecule has 4 heteroatoms. The van der Waals surface area contributed by atoms with E-state index in [0.29, 0.717) is 12.1 Å². The summed E-state index contributed by atoms with van der Waals surface area (Å²) in [6.45, 7) is 3.28. The Bertz CT molecular complexity index is 412. The summed E-state index contributed by atoms with van der Waals surface area (Å²) in [6, 6.07) is 0.685. The van der Waals surface area contributed by atoms with Crippen LogP contribution in [0, 0.1) is 0 Å². The number of hydrogen-bond acceptors (Lipinski definition) is 3. The average Bonchev–Trinajstić information content (AvgIpc) is 2.96. The van der Waals surface area contributed by atoms with Gasteiger partial charge in [-0.3, -0.25) is 4.90 Å². The van der Waals surface area contributed by atoms with Crippen molar-refractivity contribution in [2.24, 2.45) is 0 Å². The maximum atomic E-state index is 5.52. The van der Waals surface area contributed by atoms with E-state index in [9.17, 15) is 0 Å². The van der Waals surface area contributed by atoms with Crippen LogP contribution in [-0.4, -0.2) is 40.8 Å². The van der Waals surface area contributed by atoms with E-state index < -0.39 is 0 Å². The highest BCUT2D eigenvalue weighted by molar-refractivity contribution is 5.01. The fraction of sp³-hybridized carbons (Fsp3) is 0.812. The van der Waals surface area contributed by atoms with Gasteiger partial charge < -0.3 is 9.30 Å². The summed E-state index contributed by atoms with van der Waals surface area (Å²) < 4.78 is 7.96. The summed E-state index contributed by atoms with van der Waals surface area (Å²) in [5.74, 6) is 0. The highest BCUT2D eigenvalue weighted by Crippen LogP contribution is 2.29. The molecule has 1 unspecified atom stereocenters. The first-order valence-corrected chi connectivity index (χ1v) is 8.12. The maximum Gasteiger partial charge on any atom is 0.0951 e. The lowest BCUT2D eigenvalue weighted by atomic mass is 9.95. The Balaban J connectivity index is 1.63. The minimum Gasteiger partial charge on any atom is -0.380 e. The molecule has 0 radical (unpaired) electrons. The van der Waals surface area contributed by atoms with Crippen molar-refractivity contribution >= 4 is 0 Å². The van der Waals surface area contributed by atoms with E-state index in [0.717, 1.165) is 13.1 Å². The van der Waals surface area contributed by atoms with Gasteiger partial charge >= 0.3 is 0 Å². The molecule has 1 aliphatic carbocycles. The largest absolute Gasteiger partial charge is 0.380 e. The normalized spacial score (nSPS) is 25.9. The van der Waals surface area contributed by atoms with Gasteiger partial charge in [-0.1, -0.05) is 19.3 Å². The first-order valence-electron chi connectivity index (χ1n) is 8.12. The lowest BCUT2D eigenvalue weighted by molar-refractivity contribution is 0.0275. The summed E-state index contributed by atoms with van der Waals surface area (Å²) in [6.07, 6.45) is 13.8. The van der Waals surface area contributed by atoms with E-state index in [1.807, 2.05) is 13.4 Å². The Labute approximate surface area is 122 Å². The molecule has 20 heavy (non-hydrogen) atoms. The average molecular weight is 277 g/mol. The summed E-state index contributed by atoms with van der Waals surface area (Å²) in [5.41, 5.74) is 1.38. The molecule has 1 saturated heterocycles. The zero-order chi connectivity index (χ0) is 13.8. The Morgan fingerprint density at radius 2 is 2.05 bits per heavy atom. The van der Waals surface area contributed by atoms with Gasteiger partial charge in [-0.15, -0.1) is 0 Å². The number of piperidine rings is 1. The molecule has 1 aromatic heterocycles. The van der Waals surface area contributed by atoms with Crippen molar-refractivity contribution in [1.29, 1.82) is 0 Å². The van der Waals surface area contributed by atoms with Crippen molar-refractivity contribution in [2.45, 2.75) is 63.6 Å². The Kier molecular flexibility index (Phi) is 4.73. The lowest BCUT2D eigenvalue weighted by Crippen LogP contribution is -2.39. The fourth-order valence-corrected chi connectivity index (χ4v) is 3.72. The van der Waals surface area contributed by atoms with Gasteiger partial charge in [0.15, 0.2) is 0 Å². The highest BCUT2D eigenvalue weighted by Gasteiger charge is 2.22. The van der Waals surface area contributed by atoms with Gasteiger partial charge in [-0.05, 0) is 32.2 Å². The van der Waals surface area contributed by atoms with Gasteiger partial charge in [-0.2, -0.15) is 0 Å². The molecule has 2 heterocycles. The quantitative estimate of drug-likeness (QED) is 0.847. The fourth-order valence-electron chi connectivity index (χ4n) is 3.72. The van der Waals surface area contributed by atoms with Crippen LogP contribution in [0.25, 0.3) is 0 Å². The molecule has 112 valence electrons. The molecule has 1 aromatic rings. The minimum atomic E-state index is 0.412. The first kappa shape index (κ1) is 14.1. The maximum absolute atomic E-state index is 5.52. The lowest BCUT2D eigenvalue weighted by Gasteiger charge is -2.33. The molecule has 0 amide bonds. The summed E-state index contributed by atoms with van der Waals surface area (Å²) in [7, 11) is 1.83. The van der Waals surface area contributed by atoms with Crippen molar-refractivity contribution in [3.8, 4) is 0 Å². The van der Waals surface area contributed by atoms with Gasteiger partial charge in [-0.25, -0.2) is 4.98 Å². The van der Waals surface area contributed by atoms with Crippen LogP contribution in [0.2, 0.25) is 0 Å². The van der Waals surface area contributed by atoms with Gasteiger partial charge in [0.05, 0.1) is 18.1 Å². The second-order valence-corrected chi connectivity index (χ2v) is 6.32. The number of imidazole rings is 1. The predicted molar refractivity (Wildman–Crippen MR) is 79.7 cm³/mol. The number of aromatic nitrogens is 2. The van der Waals surface area contributed by atoms with Gasteiger partial charge in [0.1, 0.15) is 0 Å². The SMILES string of the molecule is COC1CCCN(Cc2cncn2C2CCCCC2)C1. The van der Waals surface area contributed by atoms with Crippen molar-refractivity contribution in [3.05, 3.63) is 18.2 Å². The number of nitrogens with zero attached hydrogens (tertiary/aromatic N) is 3. The standard InChI is InChI=1S/C16H27N3O/c1-20-16-8-5-9-18(12-16)11-15-10-17-13-19(15)14-6-3-2-4-7-14/h10,13-14,16H,2-9,11-12H2,1H3. The smallest absolute Gasteiger partial charge is 0.0951 e. The summed E-state index contributed by atoms with van der Waals surface area (Å²) in [4.78, 5) is 6.93. The van der Waals surface area contributed by atoms with Gasteiger partial charge in [0.2, 0.25) is 0 Å². The van der Waals surface area contributed by atoms with Crippen LogP contribution in [0.5, 0.6) is 0 Å². The Morgan fingerprint density at radius 3 is 2.85 bits per heavy atom. The third kappa shape index (κ3) is 3.23. The van der Waals surface area contributed by atoms with Crippen LogP contribution >= 0.6 is 0 Å². The third-order valence-corrected chi connectivity index (χ3v) is 4.90. The molecule has 3 rings (SSSR count). The van der Waals surface area contributed by atoms with Crippen LogP contribution in [0.1, 0.15) is 56.7 Å². The third-order valence-electron chi connectivity index (χ3n) is 4.90. The second kappa shape index (κ2) is 6.72. The molecule has 0 aromatic carbocycles. The zero-order valence-electron chi connectivity index (χ0n) is 12.6.